The minimum absolute atomic E-state index is 0.0800. The Morgan fingerprint density at radius 2 is 1.88 bits per heavy atom. The van der Waals surface area contributed by atoms with Gasteiger partial charge in [0.15, 0.2) is 0 Å². The lowest BCUT2D eigenvalue weighted by atomic mass is 10.1. The molecule has 1 fully saturated rings. The third kappa shape index (κ3) is 1.96. The van der Waals surface area contributed by atoms with Crippen LogP contribution < -0.4 is 16.6 Å². The molecule has 2 aliphatic rings. The molecular weight excluding hydrogens is 320 g/mol. The molecule has 0 radical (unpaired) electrons. The number of imide groups is 1. The average molecular weight is 331 g/mol. The summed E-state index contributed by atoms with van der Waals surface area (Å²) in [7, 11) is 0. The number of carbonyl (C=O) groups excluding carboxylic acids is 2. The van der Waals surface area contributed by atoms with E-state index in [2.05, 4.69) is 5.32 Å². The van der Waals surface area contributed by atoms with E-state index in [1.165, 1.54) is 12.1 Å². The maximum Gasteiger partial charge on any atom is 0.262 e. The van der Waals surface area contributed by atoms with Crippen molar-refractivity contribution in [2.45, 2.75) is 18.3 Å². The van der Waals surface area contributed by atoms with Gasteiger partial charge in [-0.15, -0.1) is 0 Å². The molecule has 0 bridgehead atoms. The van der Waals surface area contributed by atoms with Crippen LogP contribution in [0.3, 0.4) is 0 Å². The number of benzene rings is 1. The molecule has 4 rings (SSSR count). The summed E-state index contributed by atoms with van der Waals surface area (Å²) in [6.45, 7) is 0. The van der Waals surface area contributed by atoms with Gasteiger partial charge < -0.3 is 5.73 Å². The lowest BCUT2D eigenvalue weighted by Gasteiger charge is -2.13. The van der Waals surface area contributed by atoms with Gasteiger partial charge in [0.05, 0.1) is 22.7 Å². The first-order chi connectivity index (χ1) is 11.3. The molecule has 1 aliphatic carbocycles. The van der Waals surface area contributed by atoms with E-state index in [4.69, 9.17) is 5.73 Å². The van der Waals surface area contributed by atoms with Crippen LogP contribution in [-0.2, 0) is 0 Å². The van der Waals surface area contributed by atoms with Crippen molar-refractivity contribution in [2.75, 3.05) is 5.73 Å². The topological polar surface area (TPSA) is 94.2 Å². The fourth-order valence-corrected chi connectivity index (χ4v) is 3.00. The third-order valence-corrected chi connectivity index (χ3v) is 4.31. The number of hydrogen-bond donors (Lipinski definition) is 2. The maximum atomic E-state index is 13.3. The van der Waals surface area contributed by atoms with E-state index in [1.807, 2.05) is 0 Å². The molecule has 8 heteroatoms. The first kappa shape index (κ1) is 14.6. The fourth-order valence-electron chi connectivity index (χ4n) is 3.00. The van der Waals surface area contributed by atoms with Gasteiger partial charge in [-0.25, -0.2) is 8.78 Å². The Hall–Kier alpha value is -3.03. The van der Waals surface area contributed by atoms with Gasteiger partial charge in [0.25, 0.3) is 23.3 Å². The molecule has 1 atom stereocenters. The SMILES string of the molecule is Nc1c2c(cc(=O)n1-c1cccc(C3CC3(F)F)c1)C(=O)NC2=O. The van der Waals surface area contributed by atoms with Crippen LogP contribution in [0.5, 0.6) is 0 Å². The van der Waals surface area contributed by atoms with Gasteiger partial charge in [0.2, 0.25) is 0 Å². The smallest absolute Gasteiger partial charge is 0.262 e. The first-order valence-corrected chi connectivity index (χ1v) is 7.19. The number of amides is 2. The molecule has 1 saturated carbocycles. The molecule has 122 valence electrons. The van der Waals surface area contributed by atoms with Gasteiger partial charge in [0.1, 0.15) is 5.82 Å². The minimum Gasteiger partial charge on any atom is -0.384 e. The molecule has 3 N–H and O–H groups in total. The van der Waals surface area contributed by atoms with Gasteiger partial charge in [-0.1, -0.05) is 12.1 Å². The number of nitrogens with two attached hydrogens (primary N) is 1. The van der Waals surface area contributed by atoms with E-state index in [9.17, 15) is 23.2 Å². The molecule has 1 aliphatic heterocycles. The van der Waals surface area contributed by atoms with E-state index >= 15 is 0 Å². The largest absolute Gasteiger partial charge is 0.384 e. The number of pyridine rings is 1. The molecule has 2 heterocycles. The van der Waals surface area contributed by atoms with Gasteiger partial charge >= 0.3 is 0 Å². The van der Waals surface area contributed by atoms with E-state index in [1.54, 1.807) is 12.1 Å². The third-order valence-electron chi connectivity index (χ3n) is 4.31. The predicted molar refractivity (Wildman–Crippen MR) is 80.6 cm³/mol. The molecule has 1 unspecified atom stereocenters. The number of halogens is 2. The van der Waals surface area contributed by atoms with Gasteiger partial charge in [-0.2, -0.15) is 0 Å². The minimum atomic E-state index is -2.74. The zero-order valence-corrected chi connectivity index (χ0v) is 12.2. The second-order valence-electron chi connectivity index (χ2n) is 5.89. The number of hydrogen-bond acceptors (Lipinski definition) is 4. The van der Waals surface area contributed by atoms with Crippen molar-refractivity contribution in [3.63, 3.8) is 0 Å². The van der Waals surface area contributed by atoms with Crippen LogP contribution in [0.1, 0.15) is 38.6 Å². The molecule has 2 aromatic rings. The highest BCUT2D eigenvalue weighted by Gasteiger charge is 2.57. The summed E-state index contributed by atoms with van der Waals surface area (Å²) in [4.78, 5) is 35.8. The van der Waals surface area contributed by atoms with Crippen molar-refractivity contribution < 1.29 is 18.4 Å². The molecule has 0 saturated heterocycles. The Morgan fingerprint density at radius 3 is 2.54 bits per heavy atom. The normalized spacial score (nSPS) is 20.7. The summed E-state index contributed by atoms with van der Waals surface area (Å²) >= 11 is 0. The second kappa shape index (κ2) is 4.50. The number of nitrogen functional groups attached to an aromatic ring is 1. The Labute approximate surface area is 133 Å². The van der Waals surface area contributed by atoms with Crippen molar-refractivity contribution in [3.05, 3.63) is 57.4 Å². The molecule has 2 amide bonds. The van der Waals surface area contributed by atoms with Crippen molar-refractivity contribution in [3.8, 4) is 5.69 Å². The van der Waals surface area contributed by atoms with E-state index in [0.717, 1.165) is 10.6 Å². The summed E-state index contributed by atoms with van der Waals surface area (Å²) in [6.07, 6.45) is -0.234. The quantitative estimate of drug-likeness (QED) is 0.814. The lowest BCUT2D eigenvalue weighted by Crippen LogP contribution is -2.24. The zero-order valence-electron chi connectivity index (χ0n) is 12.2. The van der Waals surface area contributed by atoms with Crippen LogP contribution in [-0.4, -0.2) is 22.3 Å². The fraction of sp³-hybridized carbons (Fsp3) is 0.188. The van der Waals surface area contributed by atoms with Crippen molar-refractivity contribution in [2.24, 2.45) is 0 Å². The maximum absolute atomic E-state index is 13.3. The van der Waals surface area contributed by atoms with Crippen LogP contribution in [0.25, 0.3) is 5.69 Å². The van der Waals surface area contributed by atoms with Gasteiger partial charge in [-0.3, -0.25) is 24.3 Å². The molecule has 6 nitrogen and oxygen atoms in total. The highest BCUT2D eigenvalue weighted by molar-refractivity contribution is 6.23. The number of carbonyl (C=O) groups is 2. The Balaban J connectivity index is 1.88. The average Bonchev–Trinajstić information content (AvgIpc) is 3.05. The van der Waals surface area contributed by atoms with Crippen molar-refractivity contribution in [1.29, 1.82) is 0 Å². The van der Waals surface area contributed by atoms with E-state index in [0.29, 0.717) is 5.56 Å². The van der Waals surface area contributed by atoms with Crippen LogP contribution in [0.4, 0.5) is 14.6 Å². The number of fused-ring (bicyclic) bond motifs is 1. The van der Waals surface area contributed by atoms with Gasteiger partial charge in [0, 0.05) is 12.5 Å². The Morgan fingerprint density at radius 1 is 1.17 bits per heavy atom. The highest BCUT2D eigenvalue weighted by Crippen LogP contribution is 2.55. The Kier molecular flexibility index (Phi) is 2.73. The number of rotatable bonds is 2. The summed E-state index contributed by atoms with van der Waals surface area (Å²) in [6, 6.07) is 7.10. The molecule has 0 spiro atoms. The Bertz CT molecular complexity index is 981. The number of nitrogens with one attached hydrogen (secondary N) is 1. The highest BCUT2D eigenvalue weighted by atomic mass is 19.3. The second-order valence-corrected chi connectivity index (χ2v) is 5.89. The predicted octanol–water partition coefficient (Wildman–Crippen LogP) is 1.43. The standard InChI is InChI=1S/C16H11F2N3O3/c17-16(18)6-10(16)7-2-1-3-8(4-7)21-11(22)5-9-12(13(21)19)15(24)20-14(9)23/h1-5,10H,6,19H2,(H,20,23,24). The van der Waals surface area contributed by atoms with Gasteiger partial charge in [-0.05, 0) is 17.7 Å². The van der Waals surface area contributed by atoms with Crippen LogP contribution in [0.15, 0.2) is 35.1 Å². The monoisotopic (exact) mass is 331 g/mol. The molecule has 24 heavy (non-hydrogen) atoms. The number of aromatic nitrogens is 1. The summed E-state index contributed by atoms with van der Waals surface area (Å²) in [5.74, 6) is -5.18. The number of nitrogens with zero attached hydrogens (tertiary/aromatic N) is 1. The molecular formula is C16H11F2N3O3. The van der Waals surface area contributed by atoms with Crippen LogP contribution in [0.2, 0.25) is 0 Å². The first-order valence-electron chi connectivity index (χ1n) is 7.19. The molecule has 1 aromatic carbocycles. The van der Waals surface area contributed by atoms with Crippen molar-refractivity contribution in [1.82, 2.24) is 9.88 Å². The molecule has 1 aromatic heterocycles. The lowest BCUT2D eigenvalue weighted by molar-refractivity contribution is 0.0879. The van der Waals surface area contributed by atoms with Crippen molar-refractivity contribution >= 4 is 17.6 Å². The summed E-state index contributed by atoms with van der Waals surface area (Å²) in [5, 5.41) is 2.07. The van der Waals surface area contributed by atoms with E-state index in [-0.39, 0.29) is 29.1 Å². The van der Waals surface area contributed by atoms with Crippen LogP contribution >= 0.6 is 0 Å². The zero-order chi connectivity index (χ0) is 17.2. The van der Waals surface area contributed by atoms with E-state index < -0.39 is 29.2 Å². The summed E-state index contributed by atoms with van der Waals surface area (Å²) < 4.78 is 27.6. The number of alkyl halides is 2. The van der Waals surface area contributed by atoms with Crippen LogP contribution in [0, 0.1) is 0 Å². The number of anilines is 1. The summed E-state index contributed by atoms with van der Waals surface area (Å²) in [5.41, 5.74) is 5.80.